The van der Waals surface area contributed by atoms with Crippen molar-refractivity contribution in [1.82, 2.24) is 0 Å². The Kier molecular flexibility index (Phi) is 2.07. The molecule has 1 saturated carbocycles. The molecule has 0 spiro atoms. The Labute approximate surface area is 87.7 Å². The van der Waals surface area contributed by atoms with E-state index in [0.717, 1.165) is 11.1 Å². The van der Waals surface area contributed by atoms with E-state index in [0.29, 0.717) is 18.4 Å². The van der Waals surface area contributed by atoms with Crippen LogP contribution in [0.1, 0.15) is 29.5 Å². The molecule has 1 aromatic carbocycles. The minimum Gasteiger partial charge on any atom is -0.481 e. The number of rotatable bonds is 2. The minimum absolute atomic E-state index is 0.345. The van der Waals surface area contributed by atoms with E-state index in [4.69, 9.17) is 5.11 Å². The van der Waals surface area contributed by atoms with Gasteiger partial charge in [-0.05, 0) is 43.9 Å². The molecule has 0 bridgehead atoms. The normalized spacial score (nSPS) is 17.5. The lowest BCUT2D eigenvalue weighted by atomic mass is 9.92. The maximum Gasteiger partial charge on any atom is 0.314 e. The summed E-state index contributed by atoms with van der Waals surface area (Å²) >= 11 is 0. The number of carbonyl (C=O) groups is 1. The zero-order valence-electron chi connectivity index (χ0n) is 8.80. The smallest absolute Gasteiger partial charge is 0.314 e. The standard InChI is InChI=1S/C12H13FO2/c1-7-5-9(10(13)6-8(7)2)12(3-4-12)11(14)15/h5-6H,3-4H2,1-2H3,(H,14,15). The van der Waals surface area contributed by atoms with E-state index < -0.39 is 17.2 Å². The average molecular weight is 208 g/mol. The van der Waals surface area contributed by atoms with Gasteiger partial charge in [-0.3, -0.25) is 4.79 Å². The van der Waals surface area contributed by atoms with Gasteiger partial charge in [0, 0.05) is 5.56 Å². The molecule has 2 nitrogen and oxygen atoms in total. The van der Waals surface area contributed by atoms with Gasteiger partial charge in [0.1, 0.15) is 5.82 Å². The van der Waals surface area contributed by atoms with Crippen molar-refractivity contribution in [2.45, 2.75) is 32.1 Å². The maximum atomic E-state index is 13.7. The van der Waals surface area contributed by atoms with Crippen LogP contribution in [0.5, 0.6) is 0 Å². The molecule has 3 heteroatoms. The van der Waals surface area contributed by atoms with Crippen molar-refractivity contribution in [1.29, 1.82) is 0 Å². The highest BCUT2D eigenvalue weighted by molar-refractivity contribution is 5.85. The molecule has 0 radical (unpaired) electrons. The van der Waals surface area contributed by atoms with E-state index in [1.807, 2.05) is 13.8 Å². The lowest BCUT2D eigenvalue weighted by molar-refractivity contribution is -0.140. The van der Waals surface area contributed by atoms with Crippen molar-refractivity contribution in [3.8, 4) is 0 Å². The summed E-state index contributed by atoms with van der Waals surface area (Å²) in [5, 5.41) is 9.08. The average Bonchev–Trinajstić information content (AvgIpc) is 2.92. The van der Waals surface area contributed by atoms with Crippen molar-refractivity contribution in [2.75, 3.05) is 0 Å². The van der Waals surface area contributed by atoms with Crippen molar-refractivity contribution >= 4 is 5.97 Å². The zero-order valence-corrected chi connectivity index (χ0v) is 8.80. The van der Waals surface area contributed by atoms with E-state index in [1.54, 1.807) is 6.07 Å². The van der Waals surface area contributed by atoms with Crippen LogP contribution >= 0.6 is 0 Å². The summed E-state index contributed by atoms with van der Waals surface area (Å²) in [5.41, 5.74) is 1.21. The van der Waals surface area contributed by atoms with Gasteiger partial charge < -0.3 is 5.11 Å². The van der Waals surface area contributed by atoms with Crippen molar-refractivity contribution in [3.63, 3.8) is 0 Å². The lowest BCUT2D eigenvalue weighted by Crippen LogP contribution is -2.21. The molecule has 0 aliphatic heterocycles. The molecule has 0 aromatic heterocycles. The molecule has 0 unspecified atom stereocenters. The molecule has 1 aromatic rings. The number of hydrogen-bond acceptors (Lipinski definition) is 1. The van der Waals surface area contributed by atoms with Crippen LogP contribution in [-0.2, 0) is 10.2 Å². The van der Waals surface area contributed by atoms with E-state index in [2.05, 4.69) is 0 Å². The predicted molar refractivity (Wildman–Crippen MR) is 54.4 cm³/mol. The fourth-order valence-electron chi connectivity index (χ4n) is 1.87. The summed E-state index contributed by atoms with van der Waals surface area (Å²) in [6.45, 7) is 3.69. The van der Waals surface area contributed by atoms with E-state index in [1.165, 1.54) is 6.07 Å². The summed E-state index contributed by atoms with van der Waals surface area (Å²) in [6.07, 6.45) is 1.09. The fraction of sp³-hybridized carbons (Fsp3) is 0.417. The van der Waals surface area contributed by atoms with Crippen LogP contribution in [-0.4, -0.2) is 11.1 Å². The van der Waals surface area contributed by atoms with Gasteiger partial charge in [0.25, 0.3) is 0 Å². The fourth-order valence-corrected chi connectivity index (χ4v) is 1.87. The Balaban J connectivity index is 2.54. The third-order valence-electron chi connectivity index (χ3n) is 3.26. The molecule has 80 valence electrons. The molecule has 1 N–H and O–H groups in total. The van der Waals surface area contributed by atoms with Gasteiger partial charge in [-0.1, -0.05) is 6.07 Å². The van der Waals surface area contributed by atoms with E-state index in [9.17, 15) is 9.18 Å². The first-order valence-electron chi connectivity index (χ1n) is 4.98. The first kappa shape index (κ1) is 10.1. The van der Waals surface area contributed by atoms with E-state index in [-0.39, 0.29) is 0 Å². The number of hydrogen-bond donors (Lipinski definition) is 1. The first-order chi connectivity index (χ1) is 6.97. The van der Waals surface area contributed by atoms with Gasteiger partial charge in [0.2, 0.25) is 0 Å². The van der Waals surface area contributed by atoms with Crippen LogP contribution in [0.15, 0.2) is 12.1 Å². The van der Waals surface area contributed by atoms with Gasteiger partial charge in [-0.2, -0.15) is 0 Å². The molecule has 1 fully saturated rings. The van der Waals surface area contributed by atoms with Crippen molar-refractivity contribution < 1.29 is 14.3 Å². The summed E-state index contributed by atoms with van der Waals surface area (Å²) in [5.74, 6) is -1.30. The SMILES string of the molecule is Cc1cc(F)c(C2(C(=O)O)CC2)cc1C. The molecule has 0 amide bonds. The highest BCUT2D eigenvalue weighted by atomic mass is 19.1. The Hall–Kier alpha value is -1.38. The molecule has 1 aliphatic carbocycles. The Morgan fingerprint density at radius 2 is 1.87 bits per heavy atom. The molecule has 0 heterocycles. The van der Waals surface area contributed by atoms with Gasteiger partial charge in [-0.25, -0.2) is 4.39 Å². The minimum atomic E-state index is -0.942. The van der Waals surface area contributed by atoms with E-state index >= 15 is 0 Å². The highest BCUT2D eigenvalue weighted by Crippen LogP contribution is 2.49. The molecular formula is C12H13FO2. The summed E-state index contributed by atoms with van der Waals surface area (Å²) in [4.78, 5) is 11.1. The third-order valence-corrected chi connectivity index (χ3v) is 3.26. The Bertz CT molecular complexity index is 433. The monoisotopic (exact) mass is 208 g/mol. The first-order valence-corrected chi connectivity index (χ1v) is 4.98. The molecule has 1 aliphatic rings. The van der Waals surface area contributed by atoms with Crippen LogP contribution in [0.2, 0.25) is 0 Å². The Morgan fingerprint density at radius 3 is 2.33 bits per heavy atom. The predicted octanol–water partition coefficient (Wildman–Crippen LogP) is 2.56. The third kappa shape index (κ3) is 1.42. The van der Waals surface area contributed by atoms with Crippen molar-refractivity contribution in [3.05, 3.63) is 34.6 Å². The summed E-state index contributed by atoms with van der Waals surface area (Å²) in [7, 11) is 0. The second kappa shape index (κ2) is 3.05. The van der Waals surface area contributed by atoms with Crippen LogP contribution in [0.25, 0.3) is 0 Å². The molecule has 0 saturated heterocycles. The quantitative estimate of drug-likeness (QED) is 0.811. The van der Waals surface area contributed by atoms with Gasteiger partial charge in [0.05, 0.1) is 5.41 Å². The van der Waals surface area contributed by atoms with Crippen LogP contribution in [0.4, 0.5) is 4.39 Å². The van der Waals surface area contributed by atoms with Crippen molar-refractivity contribution in [2.24, 2.45) is 0 Å². The summed E-state index contributed by atoms with van der Waals surface area (Å²) < 4.78 is 13.7. The lowest BCUT2D eigenvalue weighted by Gasteiger charge is -2.13. The zero-order chi connectivity index (χ0) is 11.2. The Morgan fingerprint density at radius 1 is 1.33 bits per heavy atom. The van der Waals surface area contributed by atoms with Gasteiger partial charge in [-0.15, -0.1) is 0 Å². The summed E-state index contributed by atoms with van der Waals surface area (Å²) in [6, 6.07) is 3.10. The second-order valence-electron chi connectivity index (χ2n) is 4.30. The van der Waals surface area contributed by atoms with Crippen LogP contribution < -0.4 is 0 Å². The molecule has 15 heavy (non-hydrogen) atoms. The largest absolute Gasteiger partial charge is 0.481 e. The molecule has 0 atom stereocenters. The van der Waals surface area contributed by atoms with Gasteiger partial charge >= 0.3 is 5.97 Å². The van der Waals surface area contributed by atoms with Crippen LogP contribution in [0, 0.1) is 19.7 Å². The number of benzene rings is 1. The number of halogens is 1. The number of carboxylic acids is 1. The number of carboxylic acid groups (broad SMARTS) is 1. The van der Waals surface area contributed by atoms with Gasteiger partial charge in [0.15, 0.2) is 0 Å². The number of aliphatic carboxylic acids is 1. The maximum absolute atomic E-state index is 13.7. The topological polar surface area (TPSA) is 37.3 Å². The highest BCUT2D eigenvalue weighted by Gasteiger charge is 2.53. The molecular weight excluding hydrogens is 195 g/mol. The molecule has 2 rings (SSSR count). The number of aryl methyl sites for hydroxylation is 2. The second-order valence-corrected chi connectivity index (χ2v) is 4.30. The van der Waals surface area contributed by atoms with Crippen LogP contribution in [0.3, 0.4) is 0 Å².